The van der Waals surface area contributed by atoms with Gasteiger partial charge in [-0.05, 0) is 43.5 Å². The molecule has 2 unspecified atom stereocenters. The molecule has 2 aromatic rings. The van der Waals surface area contributed by atoms with Crippen LogP contribution in [-0.4, -0.2) is 40.2 Å². The number of hydrogen-bond donors (Lipinski definition) is 2. The number of carbonyl (C=O) groups is 1. The number of ether oxygens (including phenoxy) is 2. The van der Waals surface area contributed by atoms with Crippen LogP contribution in [0, 0.1) is 0 Å². The normalized spacial score (nSPS) is 17.3. The van der Waals surface area contributed by atoms with E-state index in [2.05, 4.69) is 14.8 Å². The summed E-state index contributed by atoms with van der Waals surface area (Å²) >= 11 is 0. The van der Waals surface area contributed by atoms with E-state index in [1.54, 1.807) is 25.1 Å². The maximum absolute atomic E-state index is 12.8. The molecule has 0 saturated carbocycles. The van der Waals surface area contributed by atoms with Gasteiger partial charge < -0.3 is 14.8 Å². The van der Waals surface area contributed by atoms with Gasteiger partial charge in [-0.25, -0.2) is 13.1 Å². The van der Waals surface area contributed by atoms with Crippen molar-refractivity contribution in [3.8, 4) is 5.75 Å². The second kappa shape index (κ2) is 10.8. The third-order valence-electron chi connectivity index (χ3n) is 5.16. The molecule has 3 rings (SSSR count). The van der Waals surface area contributed by atoms with E-state index in [0.29, 0.717) is 18.6 Å². The van der Waals surface area contributed by atoms with Crippen molar-refractivity contribution in [3.63, 3.8) is 0 Å². The Kier molecular flexibility index (Phi) is 8.16. The van der Waals surface area contributed by atoms with Crippen LogP contribution in [0.4, 0.5) is 8.78 Å². The van der Waals surface area contributed by atoms with Crippen molar-refractivity contribution in [1.29, 1.82) is 0 Å². The van der Waals surface area contributed by atoms with Gasteiger partial charge in [0.1, 0.15) is 5.75 Å². The number of alkyl halides is 2. The molecule has 2 atom stereocenters. The summed E-state index contributed by atoms with van der Waals surface area (Å²) in [6.45, 7) is -0.419. The molecule has 32 heavy (non-hydrogen) atoms. The predicted octanol–water partition coefficient (Wildman–Crippen LogP) is 3.63. The van der Waals surface area contributed by atoms with E-state index in [-0.39, 0.29) is 28.9 Å². The molecule has 1 aliphatic heterocycles. The molecule has 0 radical (unpaired) electrons. The van der Waals surface area contributed by atoms with Crippen LogP contribution in [0.1, 0.15) is 48.1 Å². The summed E-state index contributed by atoms with van der Waals surface area (Å²) in [4.78, 5) is 12.8. The van der Waals surface area contributed by atoms with Crippen LogP contribution < -0.4 is 14.8 Å². The Labute approximate surface area is 186 Å². The summed E-state index contributed by atoms with van der Waals surface area (Å²) in [6, 6.07) is 11.3. The summed E-state index contributed by atoms with van der Waals surface area (Å²) in [5, 5.41) is 2.77. The molecule has 1 heterocycles. The van der Waals surface area contributed by atoms with Crippen LogP contribution in [0.3, 0.4) is 0 Å². The van der Waals surface area contributed by atoms with Gasteiger partial charge in [-0.15, -0.1) is 0 Å². The molecular weight excluding hydrogens is 442 g/mol. The molecule has 10 heteroatoms. The summed E-state index contributed by atoms with van der Waals surface area (Å²) in [5.41, 5.74) is 0.543. The molecule has 0 aliphatic carbocycles. The Morgan fingerprint density at radius 2 is 2.00 bits per heavy atom. The lowest BCUT2D eigenvalue weighted by Gasteiger charge is -2.20. The highest BCUT2D eigenvalue weighted by Crippen LogP contribution is 2.29. The Balaban J connectivity index is 1.73. The molecule has 7 nitrogen and oxygen atoms in total. The van der Waals surface area contributed by atoms with E-state index in [1.807, 2.05) is 0 Å². The van der Waals surface area contributed by atoms with Gasteiger partial charge in [-0.2, -0.15) is 8.78 Å². The smallest absolute Gasteiger partial charge is 0.387 e. The highest BCUT2D eigenvalue weighted by Gasteiger charge is 2.23. The minimum atomic E-state index is -3.82. The quantitative estimate of drug-likeness (QED) is 0.556. The van der Waals surface area contributed by atoms with Crippen molar-refractivity contribution >= 4 is 15.9 Å². The average molecular weight is 469 g/mol. The lowest BCUT2D eigenvalue weighted by Crippen LogP contribution is -2.32. The number of rotatable bonds is 10. The third kappa shape index (κ3) is 6.24. The molecule has 1 aliphatic rings. The number of nitrogens with one attached hydrogen (secondary N) is 2. The molecule has 2 aromatic carbocycles. The van der Waals surface area contributed by atoms with Crippen molar-refractivity contribution in [2.75, 3.05) is 13.2 Å². The molecule has 174 valence electrons. The van der Waals surface area contributed by atoms with Gasteiger partial charge in [0.25, 0.3) is 5.91 Å². The van der Waals surface area contributed by atoms with Gasteiger partial charge in [-0.3, -0.25) is 4.79 Å². The molecule has 2 N–H and O–H groups in total. The standard InChI is InChI=1S/C22H26F2N2O5S/c1-2-19(18-10-3-4-11-20(18)31-22(23)24)26-21(27)15-7-5-9-17(13-15)32(28,29)25-14-16-8-6-12-30-16/h3-5,7,9-11,13,16,19,22,25H,2,6,8,12,14H2,1H3,(H,26,27). The molecule has 0 bridgehead atoms. The monoisotopic (exact) mass is 468 g/mol. The number of halogens is 2. The lowest BCUT2D eigenvalue weighted by atomic mass is 10.0. The summed E-state index contributed by atoms with van der Waals surface area (Å²) in [5.74, 6) is -0.552. The third-order valence-corrected chi connectivity index (χ3v) is 6.58. The van der Waals surface area contributed by atoms with Crippen molar-refractivity contribution in [3.05, 3.63) is 59.7 Å². The van der Waals surface area contributed by atoms with Crippen LogP contribution >= 0.6 is 0 Å². The van der Waals surface area contributed by atoms with E-state index in [4.69, 9.17) is 4.74 Å². The van der Waals surface area contributed by atoms with Crippen molar-refractivity contribution < 1.29 is 31.5 Å². The zero-order chi connectivity index (χ0) is 23.1. The first kappa shape index (κ1) is 24.1. The second-order valence-electron chi connectivity index (χ2n) is 7.37. The topological polar surface area (TPSA) is 93.7 Å². The second-order valence-corrected chi connectivity index (χ2v) is 9.13. The lowest BCUT2D eigenvalue weighted by molar-refractivity contribution is -0.0507. The molecule has 1 fully saturated rings. The zero-order valence-electron chi connectivity index (χ0n) is 17.6. The fourth-order valence-electron chi connectivity index (χ4n) is 3.51. The minimum absolute atomic E-state index is 0.0238. The molecule has 1 amide bonds. The Morgan fingerprint density at radius 3 is 2.69 bits per heavy atom. The van der Waals surface area contributed by atoms with Gasteiger partial charge in [0, 0.05) is 24.3 Å². The highest BCUT2D eigenvalue weighted by molar-refractivity contribution is 7.89. The van der Waals surface area contributed by atoms with Gasteiger partial charge in [-0.1, -0.05) is 31.2 Å². The van der Waals surface area contributed by atoms with E-state index in [1.165, 1.54) is 30.3 Å². The van der Waals surface area contributed by atoms with E-state index >= 15 is 0 Å². The van der Waals surface area contributed by atoms with Crippen LogP contribution in [0.5, 0.6) is 5.75 Å². The fourth-order valence-corrected chi connectivity index (χ4v) is 4.62. The Morgan fingerprint density at radius 1 is 1.22 bits per heavy atom. The van der Waals surface area contributed by atoms with E-state index in [0.717, 1.165) is 12.8 Å². The first-order valence-corrected chi connectivity index (χ1v) is 11.8. The fraction of sp³-hybridized carbons (Fsp3) is 0.409. The first-order chi connectivity index (χ1) is 15.3. The number of hydrogen-bond acceptors (Lipinski definition) is 5. The Hall–Kier alpha value is -2.56. The highest BCUT2D eigenvalue weighted by atomic mass is 32.2. The van der Waals surface area contributed by atoms with Crippen molar-refractivity contribution in [1.82, 2.24) is 10.0 Å². The molecule has 0 spiro atoms. The van der Waals surface area contributed by atoms with Crippen LogP contribution in [0.2, 0.25) is 0 Å². The molecule has 0 aromatic heterocycles. The SMILES string of the molecule is CCC(NC(=O)c1cccc(S(=O)(=O)NCC2CCCO2)c1)c1ccccc1OC(F)F. The van der Waals surface area contributed by atoms with Crippen molar-refractivity contribution in [2.45, 2.75) is 49.8 Å². The summed E-state index contributed by atoms with van der Waals surface area (Å²) in [6.07, 6.45) is 1.94. The number of carbonyl (C=O) groups excluding carboxylic acids is 1. The van der Waals surface area contributed by atoms with E-state index in [9.17, 15) is 22.0 Å². The van der Waals surface area contributed by atoms with E-state index < -0.39 is 28.6 Å². The molecule has 1 saturated heterocycles. The predicted molar refractivity (Wildman–Crippen MR) is 114 cm³/mol. The van der Waals surface area contributed by atoms with Crippen molar-refractivity contribution in [2.24, 2.45) is 0 Å². The Bertz CT molecular complexity index is 1030. The summed E-state index contributed by atoms with van der Waals surface area (Å²) < 4.78 is 63.2. The minimum Gasteiger partial charge on any atom is -0.434 e. The largest absolute Gasteiger partial charge is 0.434 e. The number of amides is 1. The number of sulfonamides is 1. The van der Waals surface area contributed by atoms with Gasteiger partial charge in [0.15, 0.2) is 0 Å². The van der Waals surface area contributed by atoms with Crippen LogP contribution in [0.25, 0.3) is 0 Å². The van der Waals surface area contributed by atoms with Crippen LogP contribution in [-0.2, 0) is 14.8 Å². The first-order valence-electron chi connectivity index (χ1n) is 10.4. The van der Waals surface area contributed by atoms with Gasteiger partial charge >= 0.3 is 6.61 Å². The zero-order valence-corrected chi connectivity index (χ0v) is 18.4. The summed E-state index contributed by atoms with van der Waals surface area (Å²) in [7, 11) is -3.82. The number of benzene rings is 2. The van der Waals surface area contributed by atoms with Gasteiger partial charge in [0.05, 0.1) is 17.0 Å². The molecular formula is C22H26F2N2O5S. The maximum Gasteiger partial charge on any atom is 0.387 e. The number of para-hydroxylation sites is 1. The van der Waals surface area contributed by atoms with Crippen LogP contribution in [0.15, 0.2) is 53.4 Å². The average Bonchev–Trinajstić information content (AvgIpc) is 3.30. The van der Waals surface area contributed by atoms with Gasteiger partial charge in [0.2, 0.25) is 10.0 Å². The maximum atomic E-state index is 12.8.